The van der Waals surface area contributed by atoms with Crippen molar-refractivity contribution >= 4 is 29.7 Å². The highest BCUT2D eigenvalue weighted by Gasteiger charge is 2.20. The third-order valence-electron chi connectivity index (χ3n) is 4.19. The second kappa shape index (κ2) is 17.3. The smallest absolute Gasteiger partial charge is 0.323 e. The molecule has 1 aromatic rings. The zero-order chi connectivity index (χ0) is 27.6. The van der Waals surface area contributed by atoms with Crippen molar-refractivity contribution in [2.45, 2.75) is 6.54 Å². The molecule has 1 rings (SSSR count). The molecule has 204 valence electrons. The Morgan fingerprint density at radius 1 is 0.838 bits per heavy atom. The minimum absolute atomic E-state index is 0.0352. The maximum absolute atomic E-state index is 11.2. The Hall–Kier alpha value is -4.18. The molecule has 0 bridgehead atoms. The zero-order valence-corrected chi connectivity index (χ0v) is 19.8. The highest BCUT2D eigenvalue weighted by Crippen LogP contribution is 2.22. The third kappa shape index (κ3) is 14.7. The first-order chi connectivity index (χ1) is 17.6. The SMILES string of the molecule is [N-]=[N+]=NCCOCCOCCOc1cc(CN(CC(=O)O)CC(=O)O)nc(N(CC(=O)O)CC(=O)O)c1. The van der Waals surface area contributed by atoms with Gasteiger partial charge in [0, 0.05) is 30.1 Å². The van der Waals surface area contributed by atoms with Crippen molar-refractivity contribution < 1.29 is 53.8 Å². The van der Waals surface area contributed by atoms with Gasteiger partial charge in [0.1, 0.15) is 31.3 Å². The molecule has 0 aliphatic heterocycles. The second-order valence-electron chi connectivity index (χ2n) is 7.26. The number of anilines is 1. The van der Waals surface area contributed by atoms with E-state index in [1.165, 1.54) is 12.1 Å². The number of hydrogen-bond acceptors (Lipinski definition) is 11. The molecule has 17 nitrogen and oxygen atoms in total. The fourth-order valence-corrected chi connectivity index (χ4v) is 2.89. The van der Waals surface area contributed by atoms with Crippen molar-refractivity contribution in [3.63, 3.8) is 0 Å². The second-order valence-corrected chi connectivity index (χ2v) is 7.26. The van der Waals surface area contributed by atoms with Crippen LogP contribution in [0.25, 0.3) is 10.4 Å². The summed E-state index contributed by atoms with van der Waals surface area (Å²) in [5, 5.41) is 39.8. The van der Waals surface area contributed by atoms with E-state index in [0.29, 0.717) is 0 Å². The van der Waals surface area contributed by atoms with Crippen LogP contribution >= 0.6 is 0 Å². The van der Waals surface area contributed by atoms with E-state index in [4.69, 9.17) is 40.2 Å². The van der Waals surface area contributed by atoms with Crippen molar-refractivity contribution in [1.82, 2.24) is 9.88 Å². The largest absolute Gasteiger partial charge is 0.491 e. The summed E-state index contributed by atoms with van der Waals surface area (Å²) < 4.78 is 16.2. The van der Waals surface area contributed by atoms with Gasteiger partial charge in [0.2, 0.25) is 0 Å². The van der Waals surface area contributed by atoms with Gasteiger partial charge >= 0.3 is 23.9 Å². The summed E-state index contributed by atoms with van der Waals surface area (Å²) >= 11 is 0. The molecule has 0 aromatic carbocycles. The van der Waals surface area contributed by atoms with Gasteiger partial charge in [-0.25, -0.2) is 4.98 Å². The predicted molar refractivity (Wildman–Crippen MR) is 123 cm³/mol. The summed E-state index contributed by atoms with van der Waals surface area (Å²) in [6, 6.07) is 2.71. The normalized spacial score (nSPS) is 10.5. The molecule has 0 saturated carbocycles. The quantitative estimate of drug-likeness (QED) is 0.0695. The minimum atomic E-state index is -1.32. The highest BCUT2D eigenvalue weighted by atomic mass is 16.5. The van der Waals surface area contributed by atoms with E-state index in [-0.39, 0.29) is 63.4 Å². The van der Waals surface area contributed by atoms with Gasteiger partial charge in [-0.1, -0.05) is 5.11 Å². The number of azide groups is 1. The Bertz CT molecular complexity index is 938. The maximum atomic E-state index is 11.2. The number of carbonyl (C=O) groups is 4. The van der Waals surface area contributed by atoms with Crippen LogP contribution in [0.3, 0.4) is 0 Å². The third-order valence-corrected chi connectivity index (χ3v) is 4.19. The van der Waals surface area contributed by atoms with E-state index in [9.17, 15) is 19.2 Å². The molecule has 4 N–H and O–H groups in total. The fourth-order valence-electron chi connectivity index (χ4n) is 2.89. The van der Waals surface area contributed by atoms with E-state index >= 15 is 0 Å². The van der Waals surface area contributed by atoms with Gasteiger partial charge in [0.25, 0.3) is 0 Å². The Morgan fingerprint density at radius 2 is 1.38 bits per heavy atom. The average molecular weight is 528 g/mol. The van der Waals surface area contributed by atoms with Crippen LogP contribution in [0.1, 0.15) is 5.69 Å². The molecule has 1 aromatic heterocycles. The molecule has 0 radical (unpaired) electrons. The monoisotopic (exact) mass is 528 g/mol. The van der Waals surface area contributed by atoms with Crippen molar-refractivity contribution in [1.29, 1.82) is 0 Å². The minimum Gasteiger partial charge on any atom is -0.491 e. The van der Waals surface area contributed by atoms with Crippen molar-refractivity contribution in [2.75, 3.05) is 70.7 Å². The molecule has 0 spiro atoms. The van der Waals surface area contributed by atoms with E-state index in [1.54, 1.807) is 0 Å². The molecule has 0 aliphatic rings. The van der Waals surface area contributed by atoms with Crippen LogP contribution in [-0.4, -0.2) is 120 Å². The van der Waals surface area contributed by atoms with Crippen LogP contribution in [-0.2, 0) is 35.2 Å². The van der Waals surface area contributed by atoms with Gasteiger partial charge < -0.3 is 39.5 Å². The molecule has 0 fully saturated rings. The molecule has 0 amide bonds. The number of aromatic nitrogens is 1. The molecule has 0 aliphatic carbocycles. The van der Waals surface area contributed by atoms with Crippen LogP contribution in [0, 0.1) is 0 Å². The molecule has 37 heavy (non-hydrogen) atoms. The van der Waals surface area contributed by atoms with E-state index in [2.05, 4.69) is 15.0 Å². The van der Waals surface area contributed by atoms with Crippen molar-refractivity contribution in [3.05, 3.63) is 28.3 Å². The number of rotatable bonds is 21. The number of ether oxygens (including phenoxy) is 3. The number of carboxylic acids is 4. The average Bonchev–Trinajstić information content (AvgIpc) is 2.78. The number of nitrogens with zero attached hydrogens (tertiary/aromatic N) is 6. The van der Waals surface area contributed by atoms with E-state index in [1.807, 2.05) is 0 Å². The lowest BCUT2D eigenvalue weighted by Crippen LogP contribution is -2.36. The Labute approximate surface area is 210 Å². The number of pyridine rings is 1. The van der Waals surface area contributed by atoms with Gasteiger partial charge in [-0.2, -0.15) is 0 Å². The molecular weight excluding hydrogens is 500 g/mol. The molecule has 17 heteroatoms. The first-order valence-electron chi connectivity index (χ1n) is 10.7. The lowest BCUT2D eigenvalue weighted by Gasteiger charge is -2.23. The molecule has 0 saturated heterocycles. The molecule has 0 atom stereocenters. The van der Waals surface area contributed by atoms with Crippen molar-refractivity contribution in [2.24, 2.45) is 5.11 Å². The maximum Gasteiger partial charge on any atom is 0.323 e. The van der Waals surface area contributed by atoms with Crippen LogP contribution in [0.2, 0.25) is 0 Å². The van der Waals surface area contributed by atoms with E-state index in [0.717, 1.165) is 9.80 Å². The molecular formula is C20H28N6O11. The Kier molecular flexibility index (Phi) is 14.4. The van der Waals surface area contributed by atoms with Crippen LogP contribution in [0.4, 0.5) is 5.82 Å². The topological polar surface area (TPSA) is 245 Å². The van der Waals surface area contributed by atoms with Gasteiger partial charge in [-0.15, -0.1) is 0 Å². The fraction of sp³-hybridized carbons (Fsp3) is 0.550. The van der Waals surface area contributed by atoms with Crippen LogP contribution < -0.4 is 9.64 Å². The first-order valence-corrected chi connectivity index (χ1v) is 10.7. The van der Waals surface area contributed by atoms with E-state index < -0.39 is 50.1 Å². The summed E-state index contributed by atoms with van der Waals surface area (Å²) in [5.74, 6) is -5.09. The standard InChI is InChI=1S/C20H28N6O11/c21-24-22-1-2-35-3-4-36-5-6-37-15-7-14(9-25(10-17(27)28)11-18(29)30)23-16(8-15)26(12-19(31)32)13-20(33)34/h7-8H,1-6,9-13H2,(H,27,28)(H,29,30)(H,31,32)(H,33,34). The highest BCUT2D eigenvalue weighted by molar-refractivity contribution is 5.79. The lowest BCUT2D eigenvalue weighted by atomic mass is 10.2. The summed E-state index contributed by atoms with van der Waals surface area (Å²) in [4.78, 5) is 53.6. The van der Waals surface area contributed by atoms with Gasteiger partial charge in [-0.05, 0) is 5.53 Å². The summed E-state index contributed by atoms with van der Waals surface area (Å²) in [6.07, 6.45) is 0. The predicted octanol–water partition coefficient (Wildman–Crippen LogP) is -0.249. The van der Waals surface area contributed by atoms with Gasteiger partial charge in [-0.3, -0.25) is 24.1 Å². The molecule has 0 unspecified atom stereocenters. The summed E-state index contributed by atoms with van der Waals surface area (Å²) in [5.41, 5.74) is 8.30. The van der Waals surface area contributed by atoms with Gasteiger partial charge in [0.05, 0.1) is 45.2 Å². The number of aliphatic carboxylic acids is 4. The summed E-state index contributed by atoms with van der Waals surface area (Å²) in [6.45, 7) is -1.76. The summed E-state index contributed by atoms with van der Waals surface area (Å²) in [7, 11) is 0. The van der Waals surface area contributed by atoms with Gasteiger partial charge in [0.15, 0.2) is 0 Å². The van der Waals surface area contributed by atoms with Crippen LogP contribution in [0.15, 0.2) is 17.2 Å². The lowest BCUT2D eigenvalue weighted by molar-refractivity contribution is -0.142. The molecule has 1 heterocycles. The van der Waals surface area contributed by atoms with Crippen LogP contribution in [0.5, 0.6) is 5.75 Å². The number of hydrogen-bond donors (Lipinski definition) is 4. The Balaban J connectivity index is 2.96. The van der Waals surface area contributed by atoms with Crippen molar-refractivity contribution in [3.8, 4) is 5.75 Å². The Morgan fingerprint density at radius 3 is 1.92 bits per heavy atom. The first kappa shape index (κ1) is 30.9. The number of carboxylic acid groups (broad SMARTS) is 4. The zero-order valence-electron chi connectivity index (χ0n) is 19.8.